The minimum Gasteiger partial charge on any atom is -0.364 e. The molecule has 2 fully saturated rings. The predicted octanol–water partition coefficient (Wildman–Crippen LogP) is 3.00. The van der Waals surface area contributed by atoms with Gasteiger partial charge in [0.1, 0.15) is 5.78 Å². The molecule has 1 aromatic carbocycles. The van der Waals surface area contributed by atoms with Gasteiger partial charge in [0, 0.05) is 30.6 Å². The Kier molecular flexibility index (Phi) is 2.46. The number of carbonyl (C=O) groups is 1. The van der Waals surface area contributed by atoms with Gasteiger partial charge in [-0.05, 0) is 43.9 Å². The molecule has 2 aliphatic heterocycles. The number of nitrogens with zero attached hydrogens (tertiary/aromatic N) is 1. The van der Waals surface area contributed by atoms with E-state index in [1.807, 2.05) is 0 Å². The Morgan fingerprint density at radius 2 is 1.76 bits per heavy atom. The Balaban J connectivity index is 1.99. The largest absolute Gasteiger partial charge is 0.364 e. The van der Waals surface area contributed by atoms with Gasteiger partial charge in [0.25, 0.3) is 0 Å². The van der Waals surface area contributed by atoms with E-state index in [4.69, 9.17) is 0 Å². The zero-order chi connectivity index (χ0) is 12.0. The van der Waals surface area contributed by atoms with E-state index in [0.29, 0.717) is 17.9 Å². The molecule has 2 saturated heterocycles. The number of hydrogen-bond acceptors (Lipinski definition) is 2. The molecular formula is C15H19NO. The first-order valence-electron chi connectivity index (χ1n) is 6.52. The van der Waals surface area contributed by atoms with Gasteiger partial charge in [0.05, 0.1) is 0 Å². The highest BCUT2D eigenvalue weighted by Crippen LogP contribution is 2.39. The molecule has 0 aliphatic carbocycles. The molecule has 2 heterocycles. The molecule has 90 valence electrons. The van der Waals surface area contributed by atoms with E-state index >= 15 is 0 Å². The van der Waals surface area contributed by atoms with Crippen LogP contribution in [0.25, 0.3) is 0 Å². The van der Waals surface area contributed by atoms with Crippen LogP contribution < -0.4 is 4.90 Å². The van der Waals surface area contributed by atoms with Gasteiger partial charge in [-0.3, -0.25) is 4.79 Å². The van der Waals surface area contributed by atoms with Gasteiger partial charge < -0.3 is 4.90 Å². The van der Waals surface area contributed by atoms with E-state index in [-0.39, 0.29) is 0 Å². The summed E-state index contributed by atoms with van der Waals surface area (Å²) in [7, 11) is 0. The second-order valence-corrected chi connectivity index (χ2v) is 5.53. The summed E-state index contributed by atoms with van der Waals surface area (Å²) in [6.45, 7) is 4.31. The fourth-order valence-corrected chi connectivity index (χ4v) is 3.36. The lowest BCUT2D eigenvalue weighted by Crippen LogP contribution is -2.43. The van der Waals surface area contributed by atoms with E-state index in [1.54, 1.807) is 0 Å². The molecule has 0 saturated carbocycles. The zero-order valence-corrected chi connectivity index (χ0v) is 10.6. The van der Waals surface area contributed by atoms with Gasteiger partial charge in [-0.25, -0.2) is 0 Å². The van der Waals surface area contributed by atoms with Gasteiger partial charge in [-0.2, -0.15) is 0 Å². The van der Waals surface area contributed by atoms with Crippen molar-refractivity contribution >= 4 is 11.5 Å². The van der Waals surface area contributed by atoms with Crippen LogP contribution in [0.3, 0.4) is 0 Å². The molecule has 0 N–H and O–H groups in total. The summed E-state index contributed by atoms with van der Waals surface area (Å²) in [5, 5.41) is 0. The lowest BCUT2D eigenvalue weighted by atomic mass is 9.98. The van der Waals surface area contributed by atoms with Crippen LogP contribution in [-0.4, -0.2) is 17.9 Å². The second-order valence-electron chi connectivity index (χ2n) is 5.53. The maximum atomic E-state index is 11.6. The van der Waals surface area contributed by atoms with Gasteiger partial charge >= 0.3 is 0 Å². The monoisotopic (exact) mass is 229 g/mol. The number of Topliss-reactive ketones (excluding diaryl/α,β-unsaturated/α-hetero) is 1. The number of piperidine rings is 1. The average Bonchev–Trinajstić information content (AvgIpc) is 2.54. The first-order chi connectivity index (χ1) is 8.15. The zero-order valence-electron chi connectivity index (χ0n) is 10.6. The van der Waals surface area contributed by atoms with Crippen molar-refractivity contribution in [2.75, 3.05) is 4.90 Å². The van der Waals surface area contributed by atoms with Crippen LogP contribution in [0.5, 0.6) is 0 Å². The maximum Gasteiger partial charge on any atom is 0.137 e. The van der Waals surface area contributed by atoms with Crippen molar-refractivity contribution in [3.8, 4) is 0 Å². The number of benzene rings is 1. The smallest absolute Gasteiger partial charge is 0.137 e. The molecule has 0 amide bonds. The molecule has 2 aliphatic rings. The van der Waals surface area contributed by atoms with Crippen molar-refractivity contribution in [3.63, 3.8) is 0 Å². The standard InChI is InChI=1S/C15H19NO/c1-10-3-4-11(2)15(7-10)16-12-5-6-13(16)9-14(17)8-12/h3-4,7,12-13H,5-6,8-9H2,1-2H3. The minimum absolute atomic E-state index is 0.457. The third kappa shape index (κ3) is 1.76. The summed E-state index contributed by atoms with van der Waals surface area (Å²) in [6, 6.07) is 7.55. The van der Waals surface area contributed by atoms with Crippen molar-refractivity contribution in [2.45, 2.75) is 51.6 Å². The SMILES string of the molecule is Cc1ccc(C)c(N2C3CCC2CC(=O)C3)c1. The Labute approximate surface area is 103 Å². The van der Waals surface area contributed by atoms with E-state index in [0.717, 1.165) is 12.8 Å². The molecule has 0 aromatic heterocycles. The fourth-order valence-electron chi connectivity index (χ4n) is 3.36. The van der Waals surface area contributed by atoms with E-state index < -0.39 is 0 Å². The lowest BCUT2D eigenvalue weighted by Gasteiger charge is -2.37. The molecule has 0 spiro atoms. The number of hydrogen-bond donors (Lipinski definition) is 0. The van der Waals surface area contributed by atoms with Crippen LogP contribution in [0, 0.1) is 13.8 Å². The van der Waals surface area contributed by atoms with Crippen molar-refractivity contribution in [1.29, 1.82) is 0 Å². The Hall–Kier alpha value is -1.31. The van der Waals surface area contributed by atoms with Crippen LogP contribution in [-0.2, 0) is 4.79 Å². The van der Waals surface area contributed by atoms with Crippen LogP contribution in [0.2, 0.25) is 0 Å². The van der Waals surface area contributed by atoms with Gasteiger partial charge in [-0.15, -0.1) is 0 Å². The molecule has 2 atom stereocenters. The molecule has 2 nitrogen and oxygen atoms in total. The molecule has 17 heavy (non-hydrogen) atoms. The first kappa shape index (κ1) is 10.8. The maximum absolute atomic E-state index is 11.6. The fraction of sp³-hybridized carbons (Fsp3) is 0.533. The topological polar surface area (TPSA) is 20.3 Å². The minimum atomic E-state index is 0.457. The van der Waals surface area contributed by atoms with E-state index in [2.05, 4.69) is 36.9 Å². The summed E-state index contributed by atoms with van der Waals surface area (Å²) in [5.74, 6) is 0.457. The molecule has 1 aromatic rings. The highest BCUT2D eigenvalue weighted by molar-refractivity contribution is 5.83. The number of rotatable bonds is 1. The Morgan fingerprint density at radius 1 is 1.12 bits per heavy atom. The highest BCUT2D eigenvalue weighted by Gasteiger charge is 2.40. The first-order valence-corrected chi connectivity index (χ1v) is 6.52. The molecule has 3 rings (SSSR count). The van der Waals surface area contributed by atoms with Crippen LogP contribution in [0.15, 0.2) is 18.2 Å². The van der Waals surface area contributed by atoms with Crippen LogP contribution in [0.4, 0.5) is 5.69 Å². The molecule has 0 radical (unpaired) electrons. The number of carbonyl (C=O) groups excluding carboxylic acids is 1. The van der Waals surface area contributed by atoms with E-state index in [1.165, 1.54) is 29.7 Å². The number of ketones is 1. The van der Waals surface area contributed by atoms with Crippen molar-refractivity contribution in [3.05, 3.63) is 29.3 Å². The number of fused-ring (bicyclic) bond motifs is 2. The molecular weight excluding hydrogens is 210 g/mol. The normalized spacial score (nSPS) is 27.6. The van der Waals surface area contributed by atoms with Crippen LogP contribution in [0.1, 0.15) is 36.8 Å². The molecule has 2 bridgehead atoms. The van der Waals surface area contributed by atoms with Gasteiger partial charge in [0.2, 0.25) is 0 Å². The average molecular weight is 229 g/mol. The van der Waals surface area contributed by atoms with Crippen molar-refractivity contribution in [2.24, 2.45) is 0 Å². The Morgan fingerprint density at radius 3 is 2.41 bits per heavy atom. The van der Waals surface area contributed by atoms with Gasteiger partial charge in [-0.1, -0.05) is 12.1 Å². The quantitative estimate of drug-likeness (QED) is 0.738. The Bertz CT molecular complexity index is 450. The summed E-state index contributed by atoms with van der Waals surface area (Å²) in [4.78, 5) is 14.1. The summed E-state index contributed by atoms with van der Waals surface area (Å²) in [5.41, 5.74) is 3.99. The second kappa shape index (κ2) is 3.86. The molecule has 2 heteroatoms. The number of aryl methyl sites for hydroxylation is 2. The number of anilines is 1. The van der Waals surface area contributed by atoms with Gasteiger partial charge in [0.15, 0.2) is 0 Å². The summed E-state index contributed by atoms with van der Waals surface area (Å²) in [6.07, 6.45) is 3.88. The summed E-state index contributed by atoms with van der Waals surface area (Å²) >= 11 is 0. The third-order valence-electron chi connectivity index (χ3n) is 4.19. The van der Waals surface area contributed by atoms with Crippen molar-refractivity contribution in [1.82, 2.24) is 0 Å². The van der Waals surface area contributed by atoms with E-state index in [9.17, 15) is 4.79 Å². The van der Waals surface area contributed by atoms with Crippen LogP contribution >= 0.6 is 0 Å². The lowest BCUT2D eigenvalue weighted by molar-refractivity contribution is -0.120. The van der Waals surface area contributed by atoms with Crippen molar-refractivity contribution < 1.29 is 4.79 Å². The third-order valence-corrected chi connectivity index (χ3v) is 4.19. The summed E-state index contributed by atoms with van der Waals surface area (Å²) < 4.78 is 0. The molecule has 2 unspecified atom stereocenters. The predicted molar refractivity (Wildman–Crippen MR) is 69.4 cm³/mol. The highest BCUT2D eigenvalue weighted by atomic mass is 16.1.